The van der Waals surface area contributed by atoms with Crippen LogP contribution in [0.15, 0.2) is 48.7 Å². The predicted molar refractivity (Wildman–Crippen MR) is 76.9 cm³/mol. The van der Waals surface area contributed by atoms with Crippen molar-refractivity contribution in [3.05, 3.63) is 59.8 Å². The molecule has 0 saturated heterocycles. The monoisotopic (exact) mass is 264 g/mol. The summed E-state index contributed by atoms with van der Waals surface area (Å²) >= 11 is 0. The first kappa shape index (κ1) is 11.1. The van der Waals surface area contributed by atoms with Crippen LogP contribution in [-0.2, 0) is 6.54 Å². The first-order valence-electron chi connectivity index (χ1n) is 6.44. The molecule has 1 aliphatic rings. The molecule has 0 fully saturated rings. The Morgan fingerprint density at radius 3 is 2.90 bits per heavy atom. The molecule has 0 atom stereocenters. The van der Waals surface area contributed by atoms with Crippen LogP contribution < -0.4 is 4.90 Å². The maximum Gasteiger partial charge on any atom is 0.259 e. The van der Waals surface area contributed by atoms with Gasteiger partial charge in [-0.15, -0.1) is 0 Å². The zero-order valence-electron chi connectivity index (χ0n) is 10.6. The van der Waals surface area contributed by atoms with E-state index in [2.05, 4.69) is 4.98 Å². The van der Waals surface area contributed by atoms with Crippen LogP contribution in [0.25, 0.3) is 10.9 Å². The number of nitrogens with one attached hydrogen (secondary N) is 1. The number of anilines is 1. The standard InChI is InChI=1S/C16H12N2O2/c19-11-5-6-12-10(7-11)9-18(16(12)20)15-8-17-14-4-2-1-3-13(14)15/h1-8,17,19H,9H2. The van der Waals surface area contributed by atoms with Gasteiger partial charge in [0.1, 0.15) is 5.75 Å². The van der Waals surface area contributed by atoms with Crippen LogP contribution in [0.5, 0.6) is 5.75 Å². The van der Waals surface area contributed by atoms with Gasteiger partial charge in [-0.05, 0) is 29.8 Å². The van der Waals surface area contributed by atoms with Gasteiger partial charge < -0.3 is 15.0 Å². The van der Waals surface area contributed by atoms with E-state index < -0.39 is 0 Å². The highest BCUT2D eigenvalue weighted by molar-refractivity contribution is 6.13. The van der Waals surface area contributed by atoms with Crippen LogP contribution in [0.3, 0.4) is 0 Å². The van der Waals surface area contributed by atoms with Gasteiger partial charge in [-0.25, -0.2) is 0 Å². The number of benzene rings is 2. The third kappa shape index (κ3) is 1.45. The van der Waals surface area contributed by atoms with Gasteiger partial charge in [0.25, 0.3) is 5.91 Å². The Hall–Kier alpha value is -2.75. The van der Waals surface area contributed by atoms with Gasteiger partial charge in [0.05, 0.1) is 12.2 Å². The van der Waals surface area contributed by atoms with Crippen LogP contribution >= 0.6 is 0 Å². The van der Waals surface area contributed by atoms with E-state index in [9.17, 15) is 9.90 Å². The molecule has 0 spiro atoms. The second-order valence-corrected chi connectivity index (χ2v) is 4.95. The van der Waals surface area contributed by atoms with Crippen LogP contribution in [0.4, 0.5) is 5.69 Å². The van der Waals surface area contributed by atoms with E-state index in [0.717, 1.165) is 22.2 Å². The van der Waals surface area contributed by atoms with E-state index in [1.807, 2.05) is 30.5 Å². The van der Waals surface area contributed by atoms with E-state index in [0.29, 0.717) is 12.1 Å². The minimum Gasteiger partial charge on any atom is -0.508 e. The molecule has 4 heteroatoms. The van der Waals surface area contributed by atoms with Crippen molar-refractivity contribution in [1.82, 2.24) is 4.98 Å². The predicted octanol–water partition coefficient (Wildman–Crippen LogP) is 3.03. The Kier molecular flexibility index (Phi) is 2.15. The number of fused-ring (bicyclic) bond motifs is 2. The maximum atomic E-state index is 12.5. The normalized spacial score (nSPS) is 14.0. The fraction of sp³-hybridized carbons (Fsp3) is 0.0625. The molecule has 0 unspecified atom stereocenters. The Balaban J connectivity index is 1.84. The van der Waals surface area contributed by atoms with Crippen molar-refractivity contribution in [1.29, 1.82) is 0 Å². The quantitative estimate of drug-likeness (QED) is 0.709. The summed E-state index contributed by atoms with van der Waals surface area (Å²) in [7, 11) is 0. The van der Waals surface area contributed by atoms with Crippen molar-refractivity contribution in [2.24, 2.45) is 0 Å². The molecular weight excluding hydrogens is 252 g/mol. The number of carbonyl (C=O) groups excluding carboxylic acids is 1. The topological polar surface area (TPSA) is 56.3 Å². The molecule has 0 radical (unpaired) electrons. The van der Waals surface area contributed by atoms with Crippen LogP contribution in [0.1, 0.15) is 15.9 Å². The summed E-state index contributed by atoms with van der Waals surface area (Å²) < 4.78 is 0. The third-order valence-electron chi connectivity index (χ3n) is 3.75. The Morgan fingerprint density at radius 1 is 1.15 bits per heavy atom. The number of aromatic hydroxyl groups is 1. The van der Waals surface area contributed by atoms with E-state index in [-0.39, 0.29) is 11.7 Å². The van der Waals surface area contributed by atoms with Crippen LogP contribution in [0.2, 0.25) is 0 Å². The lowest BCUT2D eigenvalue weighted by atomic mass is 10.1. The van der Waals surface area contributed by atoms with Crippen molar-refractivity contribution in [3.63, 3.8) is 0 Å². The number of hydrogen-bond acceptors (Lipinski definition) is 2. The van der Waals surface area contributed by atoms with Crippen molar-refractivity contribution in [2.75, 3.05) is 4.90 Å². The molecule has 2 aromatic carbocycles. The molecule has 4 rings (SSSR count). The van der Waals surface area contributed by atoms with E-state index in [1.54, 1.807) is 23.1 Å². The maximum absolute atomic E-state index is 12.5. The molecule has 4 nitrogen and oxygen atoms in total. The summed E-state index contributed by atoms with van der Waals surface area (Å²) in [5.74, 6) is 0.169. The first-order chi connectivity index (χ1) is 9.74. The zero-order valence-corrected chi connectivity index (χ0v) is 10.6. The Morgan fingerprint density at radius 2 is 2.00 bits per heavy atom. The minimum atomic E-state index is -0.0234. The lowest BCUT2D eigenvalue weighted by Crippen LogP contribution is -2.22. The number of carbonyl (C=O) groups is 1. The molecule has 1 aliphatic heterocycles. The number of aromatic amines is 1. The highest BCUT2D eigenvalue weighted by atomic mass is 16.3. The number of amides is 1. The fourth-order valence-corrected chi connectivity index (χ4v) is 2.78. The van der Waals surface area contributed by atoms with Crippen molar-refractivity contribution < 1.29 is 9.90 Å². The fourth-order valence-electron chi connectivity index (χ4n) is 2.78. The molecule has 0 saturated carbocycles. The second kappa shape index (κ2) is 3.87. The molecular formula is C16H12N2O2. The average molecular weight is 264 g/mol. The Labute approximate surface area is 115 Å². The first-order valence-corrected chi connectivity index (χ1v) is 6.44. The molecule has 1 aromatic heterocycles. The van der Waals surface area contributed by atoms with Gasteiger partial charge in [0.2, 0.25) is 0 Å². The molecule has 1 amide bonds. The van der Waals surface area contributed by atoms with Gasteiger partial charge >= 0.3 is 0 Å². The third-order valence-corrected chi connectivity index (χ3v) is 3.75. The minimum absolute atomic E-state index is 0.0234. The van der Waals surface area contributed by atoms with E-state index >= 15 is 0 Å². The van der Waals surface area contributed by atoms with Gasteiger partial charge in [0.15, 0.2) is 0 Å². The highest BCUT2D eigenvalue weighted by Crippen LogP contribution is 2.34. The van der Waals surface area contributed by atoms with Crippen molar-refractivity contribution in [3.8, 4) is 5.75 Å². The number of hydrogen-bond donors (Lipinski definition) is 2. The molecule has 3 aromatic rings. The summed E-state index contributed by atoms with van der Waals surface area (Å²) in [6.45, 7) is 0.490. The largest absolute Gasteiger partial charge is 0.508 e. The summed E-state index contributed by atoms with van der Waals surface area (Å²) in [6, 6.07) is 12.8. The highest BCUT2D eigenvalue weighted by Gasteiger charge is 2.30. The number of rotatable bonds is 1. The lowest BCUT2D eigenvalue weighted by Gasteiger charge is -2.14. The number of nitrogens with zero attached hydrogens (tertiary/aromatic N) is 1. The SMILES string of the molecule is O=C1c2ccc(O)cc2CN1c1c[nH]c2ccccc12. The van der Waals surface area contributed by atoms with Gasteiger partial charge in [-0.1, -0.05) is 18.2 Å². The van der Waals surface area contributed by atoms with E-state index in [4.69, 9.17) is 0 Å². The second-order valence-electron chi connectivity index (χ2n) is 4.95. The molecule has 0 aliphatic carbocycles. The van der Waals surface area contributed by atoms with Crippen LogP contribution in [0, 0.1) is 0 Å². The molecule has 2 N–H and O–H groups in total. The van der Waals surface area contributed by atoms with Gasteiger partial charge in [-0.3, -0.25) is 4.79 Å². The summed E-state index contributed by atoms with van der Waals surface area (Å²) in [5, 5.41) is 10.6. The summed E-state index contributed by atoms with van der Waals surface area (Å²) in [6.07, 6.45) is 1.86. The number of phenols is 1. The van der Waals surface area contributed by atoms with Gasteiger partial charge in [0, 0.05) is 22.7 Å². The lowest BCUT2D eigenvalue weighted by molar-refractivity contribution is 0.0997. The number of phenolic OH excluding ortho intramolecular Hbond substituents is 1. The summed E-state index contributed by atoms with van der Waals surface area (Å²) in [5.41, 5.74) is 3.41. The molecule has 20 heavy (non-hydrogen) atoms. The number of H-pyrrole nitrogens is 1. The smallest absolute Gasteiger partial charge is 0.259 e. The molecule has 98 valence electrons. The van der Waals surface area contributed by atoms with Gasteiger partial charge in [-0.2, -0.15) is 0 Å². The van der Waals surface area contributed by atoms with Crippen LogP contribution in [-0.4, -0.2) is 16.0 Å². The van der Waals surface area contributed by atoms with Crippen molar-refractivity contribution in [2.45, 2.75) is 6.54 Å². The molecule has 0 bridgehead atoms. The molecule has 2 heterocycles. The number of para-hydroxylation sites is 1. The zero-order chi connectivity index (χ0) is 13.7. The number of aromatic nitrogens is 1. The van der Waals surface area contributed by atoms with E-state index in [1.165, 1.54) is 0 Å². The van der Waals surface area contributed by atoms with Crippen molar-refractivity contribution >= 4 is 22.5 Å². The average Bonchev–Trinajstić information content (AvgIpc) is 3.00. The summed E-state index contributed by atoms with van der Waals surface area (Å²) in [4.78, 5) is 17.4. The Bertz CT molecular complexity index is 835.